The molecule has 1 aliphatic heterocycles. The quantitative estimate of drug-likeness (QED) is 0.422. The van der Waals surface area contributed by atoms with E-state index in [1.807, 2.05) is 6.07 Å². The highest BCUT2D eigenvalue weighted by atomic mass is 19.1. The Bertz CT molecular complexity index is 1250. The Morgan fingerprint density at radius 3 is 2.94 bits per heavy atom. The van der Waals surface area contributed by atoms with E-state index in [1.165, 1.54) is 25.0 Å². The topological polar surface area (TPSA) is 89.7 Å². The molecule has 8 heteroatoms. The number of carbonyl (C=O) groups is 1. The second-order valence-corrected chi connectivity index (χ2v) is 8.34. The fourth-order valence-corrected chi connectivity index (χ4v) is 4.33. The first-order valence-electron chi connectivity index (χ1n) is 10.9. The standard InChI is InChI=1S/C24H25FN6O/c1-15-3-2-9-31(15)10-7-17-12-22-23(28-17)13-18(14-26-22)29-24(32)19-5-4-16(11-20(19)25)21-6-8-27-30-21/h4-6,8,11-15,28H,2-3,7,9-10H2,1H3,(H,27,30)(H,29,32)/t15-/m0/s1. The van der Waals surface area contributed by atoms with Gasteiger partial charge in [-0.15, -0.1) is 0 Å². The van der Waals surface area contributed by atoms with Gasteiger partial charge in [0.1, 0.15) is 5.82 Å². The summed E-state index contributed by atoms with van der Waals surface area (Å²) in [5.74, 6) is -1.12. The van der Waals surface area contributed by atoms with Crippen molar-refractivity contribution in [2.45, 2.75) is 32.2 Å². The van der Waals surface area contributed by atoms with Crippen LogP contribution < -0.4 is 5.32 Å². The van der Waals surface area contributed by atoms with Gasteiger partial charge in [-0.1, -0.05) is 6.07 Å². The normalized spacial score (nSPS) is 16.6. The Kier molecular flexibility index (Phi) is 5.45. The zero-order valence-electron chi connectivity index (χ0n) is 17.9. The molecule has 1 atom stereocenters. The Balaban J connectivity index is 1.28. The molecule has 3 aromatic heterocycles. The van der Waals surface area contributed by atoms with Crippen LogP contribution in [0.1, 0.15) is 35.8 Å². The average Bonchev–Trinajstić information content (AvgIpc) is 3.53. The van der Waals surface area contributed by atoms with Crippen LogP contribution in [0.4, 0.5) is 10.1 Å². The summed E-state index contributed by atoms with van der Waals surface area (Å²) in [6.45, 7) is 4.46. The number of nitrogens with one attached hydrogen (secondary N) is 3. The van der Waals surface area contributed by atoms with E-state index in [2.05, 4.69) is 43.4 Å². The Labute approximate surface area is 185 Å². The number of halogens is 1. The van der Waals surface area contributed by atoms with Crippen molar-refractivity contribution in [3.8, 4) is 11.3 Å². The number of nitrogens with zero attached hydrogens (tertiary/aromatic N) is 3. The van der Waals surface area contributed by atoms with Gasteiger partial charge >= 0.3 is 0 Å². The van der Waals surface area contributed by atoms with Gasteiger partial charge in [0.25, 0.3) is 5.91 Å². The highest BCUT2D eigenvalue weighted by molar-refractivity contribution is 6.05. The van der Waals surface area contributed by atoms with Gasteiger partial charge in [0.2, 0.25) is 0 Å². The van der Waals surface area contributed by atoms with Gasteiger partial charge in [0, 0.05) is 36.5 Å². The monoisotopic (exact) mass is 432 g/mol. The zero-order chi connectivity index (χ0) is 22.1. The number of anilines is 1. The molecule has 0 radical (unpaired) electrons. The van der Waals surface area contributed by atoms with Crippen LogP contribution in [-0.4, -0.2) is 50.1 Å². The van der Waals surface area contributed by atoms with Crippen LogP contribution >= 0.6 is 0 Å². The molecule has 1 fully saturated rings. The minimum atomic E-state index is -0.602. The van der Waals surface area contributed by atoms with Gasteiger partial charge in [-0.2, -0.15) is 5.10 Å². The highest BCUT2D eigenvalue weighted by Crippen LogP contribution is 2.23. The number of benzene rings is 1. The van der Waals surface area contributed by atoms with Gasteiger partial charge in [-0.05, 0) is 56.6 Å². The number of likely N-dealkylation sites (tertiary alicyclic amines) is 1. The van der Waals surface area contributed by atoms with Crippen molar-refractivity contribution in [3.05, 3.63) is 65.9 Å². The fraction of sp³-hybridized carbons (Fsp3) is 0.292. The number of amides is 1. The lowest BCUT2D eigenvalue weighted by atomic mass is 10.1. The number of hydrogen-bond donors (Lipinski definition) is 3. The third-order valence-corrected chi connectivity index (χ3v) is 6.15. The molecule has 0 bridgehead atoms. The minimum Gasteiger partial charge on any atom is -0.357 e. The van der Waals surface area contributed by atoms with E-state index in [0.29, 0.717) is 23.0 Å². The SMILES string of the molecule is C[C@H]1CCCN1CCc1cc2ncc(NC(=O)c3ccc(-c4cc[nH]n4)cc3F)cc2[nH]1. The smallest absolute Gasteiger partial charge is 0.258 e. The Hall–Kier alpha value is -3.52. The maximum Gasteiger partial charge on any atom is 0.258 e. The number of carbonyl (C=O) groups excluding carboxylic acids is 1. The summed E-state index contributed by atoms with van der Waals surface area (Å²) in [6.07, 6.45) is 6.72. The summed E-state index contributed by atoms with van der Waals surface area (Å²) in [5, 5.41) is 9.47. The summed E-state index contributed by atoms with van der Waals surface area (Å²) >= 11 is 0. The second kappa shape index (κ2) is 8.55. The number of pyridine rings is 1. The molecule has 3 N–H and O–H groups in total. The minimum absolute atomic E-state index is 0.0312. The van der Waals surface area contributed by atoms with Gasteiger partial charge < -0.3 is 15.2 Å². The van der Waals surface area contributed by atoms with Crippen molar-refractivity contribution < 1.29 is 9.18 Å². The van der Waals surface area contributed by atoms with Crippen molar-refractivity contribution in [2.75, 3.05) is 18.4 Å². The molecule has 164 valence electrons. The van der Waals surface area contributed by atoms with E-state index in [4.69, 9.17) is 0 Å². The van der Waals surface area contributed by atoms with Gasteiger partial charge in [-0.25, -0.2) is 4.39 Å². The summed E-state index contributed by atoms with van der Waals surface area (Å²) in [6, 6.07) is 10.7. The van der Waals surface area contributed by atoms with Crippen molar-refractivity contribution in [1.82, 2.24) is 25.1 Å². The van der Waals surface area contributed by atoms with Crippen molar-refractivity contribution in [2.24, 2.45) is 0 Å². The number of hydrogen-bond acceptors (Lipinski definition) is 4. The Morgan fingerprint density at radius 1 is 1.28 bits per heavy atom. The van der Waals surface area contributed by atoms with Crippen LogP contribution in [0.2, 0.25) is 0 Å². The average molecular weight is 433 g/mol. The largest absolute Gasteiger partial charge is 0.357 e. The van der Waals surface area contributed by atoms with Crippen LogP contribution in [0.3, 0.4) is 0 Å². The van der Waals surface area contributed by atoms with E-state index in [9.17, 15) is 9.18 Å². The molecule has 1 aliphatic rings. The molecule has 7 nitrogen and oxygen atoms in total. The first kappa shape index (κ1) is 20.4. The molecule has 4 aromatic rings. The fourth-order valence-electron chi connectivity index (χ4n) is 4.33. The zero-order valence-corrected chi connectivity index (χ0v) is 17.9. The first-order valence-corrected chi connectivity index (χ1v) is 10.9. The van der Waals surface area contributed by atoms with E-state index >= 15 is 0 Å². The lowest BCUT2D eigenvalue weighted by Gasteiger charge is -2.20. The molecular weight excluding hydrogens is 407 g/mol. The third-order valence-electron chi connectivity index (χ3n) is 6.15. The summed E-state index contributed by atoms with van der Waals surface area (Å²) in [7, 11) is 0. The van der Waals surface area contributed by atoms with E-state index in [-0.39, 0.29) is 5.56 Å². The summed E-state index contributed by atoms with van der Waals surface area (Å²) in [5.41, 5.74) is 4.52. The van der Waals surface area contributed by atoms with Crippen molar-refractivity contribution in [1.29, 1.82) is 0 Å². The van der Waals surface area contributed by atoms with E-state index in [0.717, 1.165) is 36.2 Å². The number of aromatic amines is 2. The molecule has 1 saturated heterocycles. The highest BCUT2D eigenvalue weighted by Gasteiger charge is 2.20. The Morgan fingerprint density at radius 2 is 2.19 bits per heavy atom. The molecule has 1 amide bonds. The van der Waals surface area contributed by atoms with Crippen LogP contribution in [0.5, 0.6) is 0 Å². The lowest BCUT2D eigenvalue weighted by molar-refractivity contribution is 0.102. The van der Waals surface area contributed by atoms with Crippen molar-refractivity contribution in [3.63, 3.8) is 0 Å². The number of aromatic nitrogens is 4. The number of fused-ring (bicyclic) bond motifs is 1. The maximum atomic E-state index is 14.6. The molecule has 1 aromatic carbocycles. The number of H-pyrrole nitrogens is 2. The van der Waals surface area contributed by atoms with E-state index < -0.39 is 11.7 Å². The third kappa shape index (κ3) is 4.13. The molecule has 5 rings (SSSR count). The van der Waals surface area contributed by atoms with Gasteiger partial charge in [-0.3, -0.25) is 14.9 Å². The summed E-state index contributed by atoms with van der Waals surface area (Å²) < 4.78 is 14.6. The van der Waals surface area contributed by atoms with E-state index in [1.54, 1.807) is 24.5 Å². The molecule has 0 spiro atoms. The molecule has 4 heterocycles. The molecule has 0 unspecified atom stereocenters. The molecular formula is C24H25FN6O. The van der Waals surface area contributed by atoms with Crippen LogP contribution in [0, 0.1) is 5.82 Å². The first-order chi connectivity index (χ1) is 15.6. The van der Waals surface area contributed by atoms with Crippen LogP contribution in [0.15, 0.2) is 48.8 Å². The molecule has 0 saturated carbocycles. The van der Waals surface area contributed by atoms with Gasteiger partial charge in [0.05, 0.1) is 34.2 Å². The van der Waals surface area contributed by atoms with Crippen LogP contribution in [0.25, 0.3) is 22.3 Å². The maximum absolute atomic E-state index is 14.6. The number of rotatable bonds is 6. The van der Waals surface area contributed by atoms with Crippen molar-refractivity contribution >= 4 is 22.6 Å². The second-order valence-electron chi connectivity index (χ2n) is 8.34. The lowest BCUT2D eigenvalue weighted by Crippen LogP contribution is -2.29. The van der Waals surface area contributed by atoms with Crippen LogP contribution in [-0.2, 0) is 6.42 Å². The predicted octanol–water partition coefficient (Wildman–Crippen LogP) is 4.37. The summed E-state index contributed by atoms with van der Waals surface area (Å²) in [4.78, 5) is 23.0. The van der Waals surface area contributed by atoms with Gasteiger partial charge in [0.15, 0.2) is 0 Å². The predicted molar refractivity (Wildman–Crippen MR) is 122 cm³/mol. The molecule has 0 aliphatic carbocycles. The molecule has 32 heavy (non-hydrogen) atoms.